The molecule has 0 aromatic heterocycles. The van der Waals surface area contributed by atoms with Gasteiger partial charge in [-0.25, -0.2) is 0 Å². The first-order valence-electron chi connectivity index (χ1n) is 5.53. The standard InChI is InChI=1S/C12H18N2O2S/c1-3-6-16-11-7-9(4-5-10(11)13)17-8-12(15)14-2/h4-5,7H,3,6,8,13H2,1-2H3,(H,14,15). The third kappa shape index (κ3) is 4.56. The van der Waals surface area contributed by atoms with E-state index in [1.165, 1.54) is 11.8 Å². The van der Waals surface area contributed by atoms with Crippen molar-refractivity contribution in [1.29, 1.82) is 0 Å². The lowest BCUT2D eigenvalue weighted by molar-refractivity contribution is -0.118. The average molecular weight is 254 g/mol. The van der Waals surface area contributed by atoms with Gasteiger partial charge in [0.05, 0.1) is 18.0 Å². The molecule has 3 N–H and O–H groups in total. The molecule has 17 heavy (non-hydrogen) atoms. The van der Waals surface area contributed by atoms with E-state index in [1.807, 2.05) is 19.1 Å². The van der Waals surface area contributed by atoms with E-state index in [1.54, 1.807) is 13.1 Å². The lowest BCUT2D eigenvalue weighted by Crippen LogP contribution is -2.19. The molecule has 0 saturated heterocycles. The van der Waals surface area contributed by atoms with Crippen LogP contribution in [-0.2, 0) is 4.79 Å². The van der Waals surface area contributed by atoms with E-state index in [2.05, 4.69) is 5.32 Å². The highest BCUT2D eigenvalue weighted by Crippen LogP contribution is 2.28. The van der Waals surface area contributed by atoms with E-state index in [0.717, 1.165) is 11.3 Å². The molecule has 1 rings (SSSR count). The van der Waals surface area contributed by atoms with Gasteiger partial charge in [0.1, 0.15) is 5.75 Å². The predicted octanol–water partition coefficient (Wildman–Crippen LogP) is 1.90. The first-order valence-corrected chi connectivity index (χ1v) is 6.51. The summed E-state index contributed by atoms with van der Waals surface area (Å²) in [7, 11) is 1.63. The first kappa shape index (κ1) is 13.7. The van der Waals surface area contributed by atoms with Gasteiger partial charge in [-0.3, -0.25) is 4.79 Å². The summed E-state index contributed by atoms with van der Waals surface area (Å²) in [5, 5.41) is 2.58. The Labute approximate surface area is 106 Å². The lowest BCUT2D eigenvalue weighted by atomic mass is 10.3. The summed E-state index contributed by atoms with van der Waals surface area (Å²) in [6.07, 6.45) is 0.940. The first-order chi connectivity index (χ1) is 8.17. The molecule has 0 atom stereocenters. The minimum atomic E-state index is 0.00264. The Morgan fingerprint density at radius 2 is 2.29 bits per heavy atom. The maximum atomic E-state index is 11.1. The molecule has 5 heteroatoms. The number of nitrogen functional groups attached to an aromatic ring is 1. The molecule has 1 amide bonds. The van der Waals surface area contributed by atoms with E-state index in [0.29, 0.717) is 23.8 Å². The van der Waals surface area contributed by atoms with E-state index in [9.17, 15) is 4.79 Å². The van der Waals surface area contributed by atoms with Crippen LogP contribution in [0.5, 0.6) is 5.75 Å². The number of amides is 1. The molecule has 0 bridgehead atoms. The number of rotatable bonds is 6. The highest BCUT2D eigenvalue weighted by atomic mass is 32.2. The normalized spacial score (nSPS) is 10.0. The van der Waals surface area contributed by atoms with Crippen LogP contribution in [0.3, 0.4) is 0 Å². The Bertz CT molecular complexity index is 383. The summed E-state index contributed by atoms with van der Waals surface area (Å²) in [6.45, 7) is 2.69. The van der Waals surface area contributed by atoms with Crippen molar-refractivity contribution in [3.05, 3.63) is 18.2 Å². The van der Waals surface area contributed by atoms with Crippen molar-refractivity contribution in [3.63, 3.8) is 0 Å². The Morgan fingerprint density at radius 3 is 2.94 bits per heavy atom. The molecule has 94 valence electrons. The van der Waals surface area contributed by atoms with Crippen LogP contribution in [0, 0.1) is 0 Å². The highest BCUT2D eigenvalue weighted by Gasteiger charge is 2.04. The van der Waals surface area contributed by atoms with Crippen LogP contribution in [-0.4, -0.2) is 25.3 Å². The molecule has 0 aliphatic heterocycles. The van der Waals surface area contributed by atoms with E-state index in [4.69, 9.17) is 10.5 Å². The monoisotopic (exact) mass is 254 g/mol. The number of nitrogens with one attached hydrogen (secondary N) is 1. The van der Waals surface area contributed by atoms with Crippen molar-refractivity contribution in [1.82, 2.24) is 5.32 Å². The molecular formula is C12H18N2O2S. The van der Waals surface area contributed by atoms with Crippen molar-refractivity contribution in [2.45, 2.75) is 18.2 Å². The van der Waals surface area contributed by atoms with Crippen molar-refractivity contribution in [3.8, 4) is 5.75 Å². The predicted molar refractivity (Wildman–Crippen MR) is 71.4 cm³/mol. The SMILES string of the molecule is CCCOc1cc(SCC(=O)NC)ccc1N. The fourth-order valence-corrected chi connectivity index (χ4v) is 1.96. The van der Waals surface area contributed by atoms with Gasteiger partial charge in [0.25, 0.3) is 0 Å². The molecule has 0 unspecified atom stereocenters. The minimum absolute atomic E-state index is 0.00264. The fraction of sp³-hybridized carbons (Fsp3) is 0.417. The number of anilines is 1. The second kappa shape index (κ2) is 7.06. The topological polar surface area (TPSA) is 64.3 Å². The summed E-state index contributed by atoms with van der Waals surface area (Å²) >= 11 is 1.46. The minimum Gasteiger partial charge on any atom is -0.491 e. The van der Waals surface area contributed by atoms with Crippen molar-refractivity contribution in [2.75, 3.05) is 25.1 Å². The van der Waals surface area contributed by atoms with Gasteiger partial charge in [0.2, 0.25) is 5.91 Å². The third-order valence-corrected chi connectivity index (χ3v) is 3.09. The Morgan fingerprint density at radius 1 is 1.53 bits per heavy atom. The summed E-state index contributed by atoms with van der Waals surface area (Å²) in [4.78, 5) is 12.1. The molecular weight excluding hydrogens is 236 g/mol. The molecule has 0 fully saturated rings. The number of thioether (sulfide) groups is 1. The van der Waals surface area contributed by atoms with Crippen LogP contribution in [0.2, 0.25) is 0 Å². The Hall–Kier alpha value is -1.36. The van der Waals surface area contributed by atoms with Gasteiger partial charge in [0, 0.05) is 11.9 Å². The number of hydrogen-bond acceptors (Lipinski definition) is 4. The van der Waals surface area contributed by atoms with E-state index in [-0.39, 0.29) is 5.91 Å². The van der Waals surface area contributed by atoms with Crippen LogP contribution in [0.1, 0.15) is 13.3 Å². The number of carbonyl (C=O) groups is 1. The Balaban J connectivity index is 2.64. The summed E-state index contributed by atoms with van der Waals surface area (Å²) in [5.41, 5.74) is 6.43. The van der Waals surface area contributed by atoms with Crippen molar-refractivity contribution in [2.24, 2.45) is 0 Å². The van der Waals surface area contributed by atoms with Crippen molar-refractivity contribution < 1.29 is 9.53 Å². The molecule has 0 spiro atoms. The second-order valence-electron chi connectivity index (χ2n) is 3.51. The zero-order chi connectivity index (χ0) is 12.7. The zero-order valence-electron chi connectivity index (χ0n) is 10.2. The van der Waals surface area contributed by atoms with Gasteiger partial charge >= 0.3 is 0 Å². The van der Waals surface area contributed by atoms with Gasteiger partial charge in [-0.15, -0.1) is 11.8 Å². The summed E-state index contributed by atoms with van der Waals surface area (Å²) < 4.78 is 5.52. The van der Waals surface area contributed by atoms with E-state index < -0.39 is 0 Å². The average Bonchev–Trinajstić information content (AvgIpc) is 2.35. The molecule has 0 saturated carbocycles. The number of carbonyl (C=O) groups excluding carboxylic acids is 1. The van der Waals surface area contributed by atoms with Gasteiger partial charge < -0.3 is 15.8 Å². The number of ether oxygens (including phenoxy) is 1. The molecule has 1 aromatic rings. The van der Waals surface area contributed by atoms with Gasteiger partial charge in [0.15, 0.2) is 0 Å². The number of benzene rings is 1. The fourth-order valence-electron chi connectivity index (χ4n) is 1.16. The van der Waals surface area contributed by atoms with Crippen LogP contribution in [0.4, 0.5) is 5.69 Å². The van der Waals surface area contributed by atoms with Gasteiger partial charge in [-0.1, -0.05) is 6.92 Å². The summed E-state index contributed by atoms with van der Waals surface area (Å²) in [5.74, 6) is 1.09. The maximum Gasteiger partial charge on any atom is 0.230 e. The van der Waals surface area contributed by atoms with Gasteiger partial charge in [-0.05, 0) is 24.6 Å². The molecule has 0 heterocycles. The van der Waals surface area contributed by atoms with Gasteiger partial charge in [-0.2, -0.15) is 0 Å². The molecule has 0 aliphatic rings. The molecule has 0 radical (unpaired) electrons. The largest absolute Gasteiger partial charge is 0.491 e. The third-order valence-electron chi connectivity index (χ3n) is 2.10. The number of nitrogens with two attached hydrogens (primary N) is 1. The zero-order valence-corrected chi connectivity index (χ0v) is 11.0. The quantitative estimate of drug-likeness (QED) is 0.601. The molecule has 1 aromatic carbocycles. The van der Waals surface area contributed by atoms with Crippen LogP contribution >= 0.6 is 11.8 Å². The van der Waals surface area contributed by atoms with Crippen molar-refractivity contribution >= 4 is 23.4 Å². The smallest absolute Gasteiger partial charge is 0.230 e. The number of hydrogen-bond donors (Lipinski definition) is 2. The van der Waals surface area contributed by atoms with Crippen LogP contribution in [0.25, 0.3) is 0 Å². The Kier molecular flexibility index (Phi) is 5.69. The second-order valence-corrected chi connectivity index (χ2v) is 4.56. The molecule has 4 nitrogen and oxygen atoms in total. The van der Waals surface area contributed by atoms with E-state index >= 15 is 0 Å². The maximum absolute atomic E-state index is 11.1. The summed E-state index contributed by atoms with van der Waals surface area (Å²) in [6, 6.07) is 5.57. The highest BCUT2D eigenvalue weighted by molar-refractivity contribution is 8.00. The van der Waals surface area contributed by atoms with Crippen LogP contribution in [0.15, 0.2) is 23.1 Å². The van der Waals surface area contributed by atoms with Crippen LogP contribution < -0.4 is 15.8 Å². The molecule has 0 aliphatic carbocycles. The lowest BCUT2D eigenvalue weighted by Gasteiger charge is -2.09.